The van der Waals surface area contributed by atoms with E-state index >= 15 is 0 Å². The zero-order valence-corrected chi connectivity index (χ0v) is 10.4. The van der Waals surface area contributed by atoms with E-state index in [9.17, 15) is 14.0 Å². The van der Waals surface area contributed by atoms with Gasteiger partial charge in [-0.15, -0.1) is 0 Å². The molecule has 0 atom stereocenters. The molecule has 0 saturated heterocycles. The molecule has 0 aliphatic carbocycles. The van der Waals surface area contributed by atoms with Crippen molar-refractivity contribution in [2.45, 2.75) is 0 Å². The highest BCUT2D eigenvalue weighted by Crippen LogP contribution is 2.12. The first-order chi connectivity index (χ1) is 8.45. The molecule has 5 heteroatoms. The van der Waals surface area contributed by atoms with E-state index in [4.69, 9.17) is 0 Å². The van der Waals surface area contributed by atoms with Gasteiger partial charge in [-0.3, -0.25) is 4.79 Å². The molecule has 1 rings (SSSR count). The molecule has 1 aromatic rings. The molecule has 0 aromatic heterocycles. The number of halogens is 1. The van der Waals surface area contributed by atoms with Gasteiger partial charge in [0.1, 0.15) is 5.82 Å². The van der Waals surface area contributed by atoms with Crippen molar-refractivity contribution in [3.05, 3.63) is 47.4 Å². The average Bonchev–Trinajstić information content (AvgIpc) is 2.35. The SMILES string of the molecule is COC(=O)c1cc(C(=O)C=CN(C)C)ccc1F. The van der Waals surface area contributed by atoms with Crippen molar-refractivity contribution < 1.29 is 18.7 Å². The minimum absolute atomic E-state index is 0.231. The molecule has 18 heavy (non-hydrogen) atoms. The second-order valence-corrected chi connectivity index (χ2v) is 3.83. The normalized spacial score (nSPS) is 10.4. The van der Waals surface area contributed by atoms with Crippen LogP contribution in [-0.4, -0.2) is 37.9 Å². The Bertz CT molecular complexity index is 495. The van der Waals surface area contributed by atoms with Gasteiger partial charge in [-0.2, -0.15) is 0 Å². The van der Waals surface area contributed by atoms with Crippen LogP contribution in [0.5, 0.6) is 0 Å². The predicted octanol–water partition coefficient (Wildman–Crippen LogP) is 1.87. The fraction of sp³-hybridized carbons (Fsp3) is 0.231. The van der Waals surface area contributed by atoms with E-state index in [1.165, 1.54) is 18.2 Å². The van der Waals surface area contributed by atoms with Crippen molar-refractivity contribution in [3.63, 3.8) is 0 Å². The maximum atomic E-state index is 13.3. The van der Waals surface area contributed by atoms with Crippen molar-refractivity contribution in [2.24, 2.45) is 0 Å². The molecule has 0 bridgehead atoms. The van der Waals surface area contributed by atoms with Crippen molar-refractivity contribution >= 4 is 11.8 Å². The zero-order chi connectivity index (χ0) is 13.7. The molecule has 4 nitrogen and oxygen atoms in total. The number of carbonyl (C=O) groups is 2. The van der Waals surface area contributed by atoms with Crippen LogP contribution in [0.4, 0.5) is 4.39 Å². The highest BCUT2D eigenvalue weighted by atomic mass is 19.1. The fourth-order valence-electron chi connectivity index (χ4n) is 1.26. The Hall–Kier alpha value is -2.17. The van der Waals surface area contributed by atoms with E-state index in [1.54, 1.807) is 25.2 Å². The second kappa shape index (κ2) is 5.95. The number of nitrogens with zero attached hydrogens (tertiary/aromatic N) is 1. The van der Waals surface area contributed by atoms with Gasteiger partial charge in [0.2, 0.25) is 0 Å². The molecule has 0 fully saturated rings. The van der Waals surface area contributed by atoms with E-state index in [0.29, 0.717) is 0 Å². The Kier molecular flexibility index (Phi) is 4.59. The van der Waals surface area contributed by atoms with E-state index in [-0.39, 0.29) is 16.9 Å². The number of ketones is 1. The number of hydrogen-bond acceptors (Lipinski definition) is 4. The van der Waals surface area contributed by atoms with Gasteiger partial charge < -0.3 is 9.64 Å². The molecule has 96 valence electrons. The number of rotatable bonds is 4. The summed E-state index contributed by atoms with van der Waals surface area (Å²) in [5.41, 5.74) is -0.0171. The minimum atomic E-state index is -0.807. The first-order valence-corrected chi connectivity index (χ1v) is 5.22. The molecule has 0 unspecified atom stereocenters. The van der Waals surface area contributed by atoms with Crippen LogP contribution in [0.15, 0.2) is 30.5 Å². The van der Waals surface area contributed by atoms with Crippen LogP contribution >= 0.6 is 0 Å². The monoisotopic (exact) mass is 251 g/mol. The van der Waals surface area contributed by atoms with Crippen LogP contribution < -0.4 is 0 Å². The summed E-state index contributed by atoms with van der Waals surface area (Å²) >= 11 is 0. The van der Waals surface area contributed by atoms with Crippen LogP contribution in [0.3, 0.4) is 0 Å². The number of ether oxygens (including phenoxy) is 1. The van der Waals surface area contributed by atoms with E-state index in [2.05, 4.69) is 4.74 Å². The minimum Gasteiger partial charge on any atom is -0.465 e. The number of hydrogen-bond donors (Lipinski definition) is 0. The molecule has 0 heterocycles. The van der Waals surface area contributed by atoms with Crippen LogP contribution in [0.1, 0.15) is 20.7 Å². The lowest BCUT2D eigenvalue weighted by Gasteiger charge is -2.05. The van der Waals surface area contributed by atoms with Crippen molar-refractivity contribution in [2.75, 3.05) is 21.2 Å². The third-order valence-corrected chi connectivity index (χ3v) is 2.18. The Morgan fingerprint density at radius 2 is 2.00 bits per heavy atom. The van der Waals surface area contributed by atoms with Gasteiger partial charge in [-0.25, -0.2) is 9.18 Å². The summed E-state index contributed by atoms with van der Waals surface area (Å²) < 4.78 is 17.8. The Morgan fingerprint density at radius 1 is 1.33 bits per heavy atom. The van der Waals surface area contributed by atoms with Gasteiger partial charge >= 0.3 is 5.97 Å². The Labute approximate surface area is 105 Å². The lowest BCUT2D eigenvalue weighted by molar-refractivity contribution is 0.0595. The van der Waals surface area contributed by atoms with Crippen LogP contribution in [0.25, 0.3) is 0 Å². The van der Waals surface area contributed by atoms with Crippen molar-refractivity contribution in [1.82, 2.24) is 4.90 Å². The lowest BCUT2D eigenvalue weighted by Crippen LogP contribution is -2.07. The van der Waals surface area contributed by atoms with Gasteiger partial charge in [0.05, 0.1) is 12.7 Å². The molecule has 1 aromatic carbocycles. The summed E-state index contributed by atoms with van der Waals surface area (Å²) in [5, 5.41) is 0. The number of carbonyl (C=O) groups excluding carboxylic acids is 2. The lowest BCUT2D eigenvalue weighted by atomic mass is 10.1. The first kappa shape index (κ1) is 13.9. The van der Waals surface area contributed by atoms with E-state index < -0.39 is 11.8 Å². The fourth-order valence-corrected chi connectivity index (χ4v) is 1.26. The van der Waals surface area contributed by atoms with Gasteiger partial charge in [0, 0.05) is 31.9 Å². The maximum Gasteiger partial charge on any atom is 0.340 e. The van der Waals surface area contributed by atoms with E-state index in [0.717, 1.165) is 13.2 Å². The number of benzene rings is 1. The molecular weight excluding hydrogens is 237 g/mol. The molecule has 0 aliphatic heterocycles. The Balaban J connectivity index is 3.05. The van der Waals surface area contributed by atoms with E-state index in [1.807, 2.05) is 0 Å². The summed E-state index contributed by atoms with van der Waals surface area (Å²) in [6.45, 7) is 0. The largest absolute Gasteiger partial charge is 0.465 e. The quantitative estimate of drug-likeness (QED) is 0.465. The number of esters is 1. The molecule has 0 radical (unpaired) electrons. The highest BCUT2D eigenvalue weighted by molar-refractivity contribution is 6.05. The molecule has 0 aliphatic rings. The Morgan fingerprint density at radius 3 is 2.56 bits per heavy atom. The predicted molar refractivity (Wildman–Crippen MR) is 64.9 cm³/mol. The summed E-state index contributed by atoms with van der Waals surface area (Å²) in [4.78, 5) is 24.7. The van der Waals surface area contributed by atoms with Crippen LogP contribution in [-0.2, 0) is 4.74 Å². The zero-order valence-electron chi connectivity index (χ0n) is 10.4. The van der Waals surface area contributed by atoms with Crippen molar-refractivity contribution in [1.29, 1.82) is 0 Å². The van der Waals surface area contributed by atoms with Gasteiger partial charge in [0.15, 0.2) is 5.78 Å². The highest BCUT2D eigenvalue weighted by Gasteiger charge is 2.14. The molecular formula is C13H14FNO3. The summed E-state index contributed by atoms with van der Waals surface area (Å²) in [5.74, 6) is -1.83. The standard InChI is InChI=1S/C13H14FNO3/c1-15(2)7-6-12(16)9-4-5-11(14)10(8-9)13(17)18-3/h4-8H,1-3H3. The van der Waals surface area contributed by atoms with Crippen LogP contribution in [0, 0.1) is 5.82 Å². The number of allylic oxidation sites excluding steroid dienone is 1. The maximum absolute atomic E-state index is 13.3. The number of methoxy groups -OCH3 is 1. The van der Waals surface area contributed by atoms with Crippen LogP contribution in [0.2, 0.25) is 0 Å². The molecule has 0 amide bonds. The molecule has 0 N–H and O–H groups in total. The second-order valence-electron chi connectivity index (χ2n) is 3.83. The van der Waals surface area contributed by atoms with Gasteiger partial charge in [-0.1, -0.05) is 0 Å². The molecule has 0 saturated carbocycles. The smallest absolute Gasteiger partial charge is 0.340 e. The summed E-state index contributed by atoms with van der Waals surface area (Å²) in [6, 6.07) is 3.58. The van der Waals surface area contributed by atoms with Gasteiger partial charge in [0.25, 0.3) is 0 Å². The third-order valence-electron chi connectivity index (χ3n) is 2.18. The first-order valence-electron chi connectivity index (χ1n) is 5.22. The summed E-state index contributed by atoms with van der Waals surface area (Å²) in [7, 11) is 4.70. The summed E-state index contributed by atoms with van der Waals surface area (Å²) in [6.07, 6.45) is 2.91. The van der Waals surface area contributed by atoms with Crippen molar-refractivity contribution in [3.8, 4) is 0 Å². The average molecular weight is 251 g/mol. The molecule has 0 spiro atoms. The third kappa shape index (κ3) is 3.41. The van der Waals surface area contributed by atoms with Gasteiger partial charge in [-0.05, 0) is 18.2 Å². The topological polar surface area (TPSA) is 46.6 Å².